The van der Waals surface area contributed by atoms with Crippen molar-refractivity contribution in [1.82, 2.24) is 4.90 Å². The molecule has 0 amide bonds. The Morgan fingerprint density at radius 3 is 1.75 bits per heavy atom. The second-order valence-electron chi connectivity index (χ2n) is 6.80. The molecule has 0 aliphatic heterocycles. The van der Waals surface area contributed by atoms with Gasteiger partial charge in [0, 0.05) is 0 Å². The highest BCUT2D eigenvalue weighted by atomic mass is 16.1. The number of unbranched alkanes of at least 4 members (excludes halogenated alkanes) is 8. The lowest BCUT2D eigenvalue weighted by molar-refractivity contribution is -0.117. The van der Waals surface area contributed by atoms with Gasteiger partial charge in [-0.1, -0.05) is 71.6 Å². The van der Waals surface area contributed by atoms with Crippen LogP contribution in [0.2, 0.25) is 0 Å². The van der Waals surface area contributed by atoms with Crippen LogP contribution in [-0.4, -0.2) is 30.8 Å². The van der Waals surface area contributed by atoms with Crippen molar-refractivity contribution < 1.29 is 4.79 Å². The number of hydrogen-bond donors (Lipinski definition) is 0. The Kier molecular flexibility index (Phi) is 13.4. The molecule has 2 heteroatoms. The fraction of sp³-hybridized carbons (Fsp3) is 0.944. The predicted octanol–water partition coefficient (Wildman–Crippen LogP) is 5.06. The molecule has 2 nitrogen and oxygen atoms in total. The topological polar surface area (TPSA) is 20.3 Å². The number of carbonyl (C=O) groups excluding carboxylic acids is 1. The van der Waals surface area contributed by atoms with Crippen molar-refractivity contribution in [3.8, 4) is 0 Å². The molecular weight excluding hydrogens is 246 g/mol. The largest absolute Gasteiger partial charge is 0.299 e. The van der Waals surface area contributed by atoms with Crippen LogP contribution in [0.3, 0.4) is 0 Å². The molecule has 0 bridgehead atoms. The van der Waals surface area contributed by atoms with E-state index in [1.807, 2.05) is 7.05 Å². The maximum Gasteiger partial charge on any atom is 0.143 e. The summed E-state index contributed by atoms with van der Waals surface area (Å²) in [7, 11) is 2.04. The minimum atomic E-state index is 0.268. The minimum absolute atomic E-state index is 0.268. The normalized spacial score (nSPS) is 11.5. The molecule has 0 rings (SSSR count). The highest BCUT2D eigenvalue weighted by Gasteiger charge is 2.01. The van der Waals surface area contributed by atoms with Crippen LogP contribution in [0.5, 0.6) is 0 Å². The third-order valence-electron chi connectivity index (χ3n) is 3.81. The summed E-state index contributed by atoms with van der Waals surface area (Å²) in [5.41, 5.74) is 0. The number of hydrogen-bond acceptors (Lipinski definition) is 2. The quantitative estimate of drug-likeness (QED) is 0.415. The summed E-state index contributed by atoms with van der Waals surface area (Å²) in [6.07, 6.45) is 13.8. The van der Waals surface area contributed by atoms with Gasteiger partial charge in [-0.3, -0.25) is 9.69 Å². The second kappa shape index (κ2) is 13.6. The average Bonchev–Trinajstić information content (AvgIpc) is 2.34. The Hall–Kier alpha value is -0.370. The van der Waals surface area contributed by atoms with Crippen LogP contribution in [-0.2, 0) is 4.79 Å². The van der Waals surface area contributed by atoms with Crippen LogP contribution in [0.4, 0.5) is 0 Å². The van der Waals surface area contributed by atoms with Gasteiger partial charge in [0.15, 0.2) is 0 Å². The van der Waals surface area contributed by atoms with E-state index in [-0.39, 0.29) is 5.78 Å². The van der Waals surface area contributed by atoms with Crippen molar-refractivity contribution in [3.05, 3.63) is 0 Å². The first-order valence-electron chi connectivity index (χ1n) is 8.70. The monoisotopic (exact) mass is 283 g/mol. The molecule has 0 atom stereocenters. The van der Waals surface area contributed by atoms with Crippen molar-refractivity contribution in [2.75, 3.05) is 20.1 Å². The molecule has 120 valence electrons. The summed E-state index contributed by atoms with van der Waals surface area (Å²) in [6.45, 7) is 7.96. The van der Waals surface area contributed by atoms with Crippen LogP contribution >= 0.6 is 0 Å². The zero-order chi connectivity index (χ0) is 15.2. The fourth-order valence-electron chi connectivity index (χ4n) is 2.63. The van der Waals surface area contributed by atoms with Gasteiger partial charge in [0.25, 0.3) is 0 Å². The van der Waals surface area contributed by atoms with Gasteiger partial charge in [-0.25, -0.2) is 0 Å². The first-order chi connectivity index (χ1) is 9.52. The second-order valence-corrected chi connectivity index (χ2v) is 6.80. The summed E-state index contributed by atoms with van der Waals surface area (Å²) in [4.78, 5) is 13.1. The third-order valence-corrected chi connectivity index (χ3v) is 3.81. The molecule has 0 unspecified atom stereocenters. The number of Topliss-reactive ketones (excluding diaryl/α,β-unsaturated/α-hetero) is 1. The maximum absolute atomic E-state index is 10.9. The molecule has 0 fully saturated rings. The molecule has 0 saturated heterocycles. The predicted molar refractivity (Wildman–Crippen MR) is 89.2 cm³/mol. The van der Waals surface area contributed by atoms with E-state index in [2.05, 4.69) is 18.7 Å². The van der Waals surface area contributed by atoms with Crippen LogP contribution in [0, 0.1) is 5.92 Å². The van der Waals surface area contributed by atoms with Gasteiger partial charge in [-0.15, -0.1) is 0 Å². The molecule has 0 spiro atoms. The molecule has 0 N–H and O–H groups in total. The van der Waals surface area contributed by atoms with Gasteiger partial charge in [-0.2, -0.15) is 0 Å². The van der Waals surface area contributed by atoms with E-state index in [1.54, 1.807) is 6.92 Å². The first kappa shape index (κ1) is 19.6. The van der Waals surface area contributed by atoms with Crippen molar-refractivity contribution in [3.63, 3.8) is 0 Å². The molecule has 0 aliphatic carbocycles. The molecule has 0 aromatic carbocycles. The van der Waals surface area contributed by atoms with E-state index in [4.69, 9.17) is 0 Å². The van der Waals surface area contributed by atoms with Crippen molar-refractivity contribution in [2.45, 2.75) is 85.0 Å². The van der Waals surface area contributed by atoms with E-state index >= 15 is 0 Å². The number of rotatable bonds is 14. The number of ketones is 1. The van der Waals surface area contributed by atoms with Gasteiger partial charge in [0.1, 0.15) is 5.78 Å². The van der Waals surface area contributed by atoms with E-state index in [0.29, 0.717) is 6.54 Å². The Morgan fingerprint density at radius 1 is 0.850 bits per heavy atom. The zero-order valence-corrected chi connectivity index (χ0v) is 14.4. The molecule has 0 aromatic rings. The minimum Gasteiger partial charge on any atom is -0.299 e. The van der Waals surface area contributed by atoms with Gasteiger partial charge >= 0.3 is 0 Å². The Bertz CT molecular complexity index is 225. The van der Waals surface area contributed by atoms with Gasteiger partial charge in [-0.05, 0) is 32.9 Å². The molecule has 0 radical (unpaired) electrons. The van der Waals surface area contributed by atoms with Crippen molar-refractivity contribution in [1.29, 1.82) is 0 Å². The molecular formula is C18H37NO. The third kappa shape index (κ3) is 15.7. The fourth-order valence-corrected chi connectivity index (χ4v) is 2.63. The highest BCUT2D eigenvalue weighted by molar-refractivity contribution is 5.77. The SMILES string of the molecule is CC(=O)CN(C)CCCCCCCCCCCC(C)C. The lowest BCUT2D eigenvalue weighted by Crippen LogP contribution is -2.25. The number of likely N-dealkylation sites (N-methyl/N-ethyl adjacent to an activating group) is 1. The van der Waals surface area contributed by atoms with E-state index in [1.165, 1.54) is 64.2 Å². The maximum atomic E-state index is 10.9. The first-order valence-corrected chi connectivity index (χ1v) is 8.70. The van der Waals surface area contributed by atoms with E-state index < -0.39 is 0 Å². The summed E-state index contributed by atoms with van der Waals surface area (Å²) < 4.78 is 0. The zero-order valence-electron chi connectivity index (χ0n) is 14.4. The smallest absolute Gasteiger partial charge is 0.143 e. The Balaban J connectivity index is 3.11. The molecule has 0 saturated carbocycles. The lowest BCUT2D eigenvalue weighted by Gasteiger charge is -2.14. The molecule has 0 heterocycles. The number of carbonyl (C=O) groups is 1. The average molecular weight is 283 g/mol. The molecule has 0 aliphatic rings. The standard InChI is InChI=1S/C18H37NO/c1-17(2)14-12-10-8-6-5-7-9-11-13-15-19(4)16-18(3)20/h17H,5-16H2,1-4H3. The van der Waals surface area contributed by atoms with Crippen LogP contribution in [0.1, 0.15) is 85.0 Å². The van der Waals surface area contributed by atoms with E-state index in [9.17, 15) is 4.79 Å². The van der Waals surface area contributed by atoms with Gasteiger partial charge in [0.05, 0.1) is 6.54 Å². The van der Waals surface area contributed by atoms with Gasteiger partial charge in [0.2, 0.25) is 0 Å². The molecule has 20 heavy (non-hydrogen) atoms. The van der Waals surface area contributed by atoms with Crippen molar-refractivity contribution >= 4 is 5.78 Å². The Morgan fingerprint density at radius 2 is 1.30 bits per heavy atom. The summed E-state index contributed by atoms with van der Waals surface area (Å²) in [6, 6.07) is 0. The summed E-state index contributed by atoms with van der Waals surface area (Å²) in [5.74, 6) is 1.14. The van der Waals surface area contributed by atoms with Crippen LogP contribution in [0.25, 0.3) is 0 Å². The Labute approximate surface area is 127 Å². The highest BCUT2D eigenvalue weighted by Crippen LogP contribution is 2.13. The summed E-state index contributed by atoms with van der Waals surface area (Å²) >= 11 is 0. The summed E-state index contributed by atoms with van der Waals surface area (Å²) in [5, 5.41) is 0. The van der Waals surface area contributed by atoms with Crippen LogP contribution in [0.15, 0.2) is 0 Å². The van der Waals surface area contributed by atoms with Crippen molar-refractivity contribution in [2.24, 2.45) is 5.92 Å². The van der Waals surface area contributed by atoms with E-state index in [0.717, 1.165) is 12.5 Å². The number of nitrogens with zero attached hydrogens (tertiary/aromatic N) is 1. The lowest BCUT2D eigenvalue weighted by atomic mass is 10.0. The van der Waals surface area contributed by atoms with Crippen LogP contribution < -0.4 is 0 Å². The van der Waals surface area contributed by atoms with Gasteiger partial charge < -0.3 is 0 Å². The molecule has 0 aromatic heterocycles.